The van der Waals surface area contributed by atoms with E-state index in [-0.39, 0.29) is 51.4 Å². The molecule has 0 unspecified atom stereocenters. The molecule has 0 aromatic carbocycles. The molecule has 0 saturated heterocycles. The van der Waals surface area contributed by atoms with Crippen molar-refractivity contribution in [3.05, 3.63) is 0 Å². The first-order chi connectivity index (χ1) is 7.00. The fourth-order valence-electron chi connectivity index (χ4n) is 0. The van der Waals surface area contributed by atoms with Gasteiger partial charge < -0.3 is 56.6 Å². The summed E-state index contributed by atoms with van der Waals surface area (Å²) in [6.07, 6.45) is 0. The first kappa shape index (κ1) is 31.2. The Bertz CT molecular complexity index is 114. The van der Waals surface area contributed by atoms with E-state index >= 15 is 0 Å². The Hall–Kier alpha value is 0.661. The van der Waals surface area contributed by atoms with E-state index in [2.05, 4.69) is 0 Å². The second kappa shape index (κ2) is 14.1. The first-order valence-electron chi connectivity index (χ1n) is 2.91. The molecule has 1 nitrogen and oxygen atoms in total. The van der Waals surface area contributed by atoms with Crippen molar-refractivity contribution in [3.63, 3.8) is 0 Å². The van der Waals surface area contributed by atoms with Crippen LogP contribution in [0.25, 0.3) is 0 Å². The van der Waals surface area contributed by atoms with Gasteiger partial charge in [-0.3, -0.25) is 0 Å². The van der Waals surface area contributed by atoms with Crippen molar-refractivity contribution in [2.24, 2.45) is 0 Å². The Morgan fingerprint density at radius 1 is 0.444 bits per heavy atom. The predicted octanol–water partition coefficient (Wildman–Crippen LogP) is 3.07. The minimum absolute atomic E-state index is 0. The van der Waals surface area contributed by atoms with Crippen LogP contribution in [-0.2, 0) is 4.79 Å². The standard InChI is InChI=1S/CH2O.3BF4.K.H/c1-2;3*2-1(3,4)5;;/h1H2;;;;;/q;3*-1;;. The Morgan fingerprint density at radius 2 is 0.444 bits per heavy atom. The third kappa shape index (κ3) is 9350. The zero-order valence-corrected chi connectivity index (χ0v) is 7.38. The molecular formula is CH3B3F12KO-3. The molecule has 110 valence electrons. The molecule has 0 spiro atoms. The quantitative estimate of drug-likeness (QED) is 0.493. The van der Waals surface area contributed by atoms with Gasteiger partial charge in [-0.1, -0.05) is 0 Å². The van der Waals surface area contributed by atoms with Crippen molar-refractivity contribution in [2.75, 3.05) is 0 Å². The molecule has 17 heteroatoms. The van der Waals surface area contributed by atoms with Crippen molar-refractivity contribution >= 4 is 79.9 Å². The van der Waals surface area contributed by atoms with Crippen molar-refractivity contribution in [1.29, 1.82) is 0 Å². The minimum atomic E-state index is -6.00. The Balaban J connectivity index is -0.0000000427. The number of hydrogen-bond donors (Lipinski definition) is 0. The van der Waals surface area contributed by atoms with Crippen molar-refractivity contribution in [3.8, 4) is 0 Å². The van der Waals surface area contributed by atoms with Crippen molar-refractivity contribution in [2.45, 2.75) is 0 Å². The molecule has 0 N–H and O–H groups in total. The molecule has 0 bridgehead atoms. The molecule has 0 aliphatic heterocycles. The van der Waals surface area contributed by atoms with Gasteiger partial charge in [0.15, 0.2) is 0 Å². The van der Waals surface area contributed by atoms with Crippen LogP contribution in [0.2, 0.25) is 0 Å². The average molecular weight is 331 g/mol. The van der Waals surface area contributed by atoms with E-state index in [4.69, 9.17) is 4.79 Å². The summed E-state index contributed by atoms with van der Waals surface area (Å²) in [5.41, 5.74) is 0. The zero-order chi connectivity index (χ0) is 15.5. The number of hydrogen-bond acceptors (Lipinski definition) is 1. The second-order valence-corrected chi connectivity index (χ2v) is 1.48. The summed E-state index contributed by atoms with van der Waals surface area (Å²) in [5.74, 6) is 0. The van der Waals surface area contributed by atoms with Crippen molar-refractivity contribution < 1.29 is 56.6 Å². The van der Waals surface area contributed by atoms with Gasteiger partial charge in [0, 0.05) is 0 Å². The monoisotopic (exact) mass is 331 g/mol. The first-order valence-corrected chi connectivity index (χ1v) is 2.91. The molecule has 0 saturated carbocycles. The number of rotatable bonds is 0. The van der Waals surface area contributed by atoms with Gasteiger partial charge in [0.25, 0.3) is 0 Å². The summed E-state index contributed by atoms with van der Waals surface area (Å²) in [4.78, 5) is 8.00. The summed E-state index contributed by atoms with van der Waals surface area (Å²) in [6, 6.07) is 0. The third-order valence-electron chi connectivity index (χ3n) is 0. The van der Waals surface area contributed by atoms with Crippen LogP contribution < -0.4 is 0 Å². The fourth-order valence-corrected chi connectivity index (χ4v) is 0. The summed E-state index contributed by atoms with van der Waals surface area (Å²) >= 11 is 0. The Morgan fingerprint density at radius 3 is 0.444 bits per heavy atom. The molecule has 0 fully saturated rings. The van der Waals surface area contributed by atoms with Gasteiger partial charge >= 0.3 is 73.1 Å². The molecule has 0 aromatic heterocycles. The Kier molecular flexibility index (Phi) is 24.4. The maximum atomic E-state index is 9.75. The molecule has 0 amide bonds. The van der Waals surface area contributed by atoms with Gasteiger partial charge in [-0.15, -0.1) is 0 Å². The molecule has 0 radical (unpaired) electrons. The molecule has 0 aliphatic carbocycles. The molecule has 0 heterocycles. The molecule has 0 atom stereocenters. The summed E-state index contributed by atoms with van der Waals surface area (Å²) in [7, 11) is -18.0. The van der Waals surface area contributed by atoms with Crippen LogP contribution in [-0.4, -0.2) is 79.9 Å². The van der Waals surface area contributed by atoms with Crippen molar-refractivity contribution in [1.82, 2.24) is 0 Å². The second-order valence-electron chi connectivity index (χ2n) is 1.48. The van der Waals surface area contributed by atoms with Crippen LogP contribution in [0.1, 0.15) is 0 Å². The van der Waals surface area contributed by atoms with E-state index in [1.807, 2.05) is 6.79 Å². The topological polar surface area (TPSA) is 17.1 Å². The van der Waals surface area contributed by atoms with Crippen LogP contribution >= 0.6 is 0 Å². The van der Waals surface area contributed by atoms with E-state index in [0.29, 0.717) is 0 Å². The van der Waals surface area contributed by atoms with Gasteiger partial charge in [-0.05, 0) is 0 Å². The zero-order valence-electron chi connectivity index (χ0n) is 7.38. The van der Waals surface area contributed by atoms with Crippen LogP contribution in [0.5, 0.6) is 0 Å². The Labute approximate surface area is 135 Å². The van der Waals surface area contributed by atoms with Crippen LogP contribution in [0.4, 0.5) is 51.8 Å². The van der Waals surface area contributed by atoms with Crippen LogP contribution in [0.15, 0.2) is 0 Å². The summed E-state index contributed by atoms with van der Waals surface area (Å²) in [6.45, 7) is 2.00. The number of carbonyl (C=O) groups is 1. The molecule has 18 heavy (non-hydrogen) atoms. The number of carbonyl (C=O) groups excluding carboxylic acids is 1. The maximum absolute atomic E-state index is 9.75. The molecule has 0 aromatic rings. The van der Waals surface area contributed by atoms with E-state index in [9.17, 15) is 51.8 Å². The fraction of sp³-hybridized carbons (Fsp3) is 0. The normalized spacial score (nSPS) is 10.2. The SMILES string of the molecule is C=O.F[B-](F)(F)F.F[B-](F)(F)F.F[B-](F)(F)F.[KH]. The number of halogens is 12. The van der Waals surface area contributed by atoms with Gasteiger partial charge in [0.2, 0.25) is 0 Å². The summed E-state index contributed by atoms with van der Waals surface area (Å²) < 4.78 is 117. The van der Waals surface area contributed by atoms with Crippen LogP contribution in [0, 0.1) is 0 Å². The van der Waals surface area contributed by atoms with E-state index < -0.39 is 21.8 Å². The van der Waals surface area contributed by atoms with Gasteiger partial charge in [-0.25, -0.2) is 0 Å². The summed E-state index contributed by atoms with van der Waals surface area (Å²) in [5, 5.41) is 0. The molecular weight excluding hydrogens is 328 g/mol. The molecule has 0 rings (SSSR count). The van der Waals surface area contributed by atoms with Gasteiger partial charge in [0.05, 0.1) is 0 Å². The van der Waals surface area contributed by atoms with Crippen LogP contribution in [0.3, 0.4) is 0 Å². The average Bonchev–Trinajstić information content (AvgIpc) is 1.77. The van der Waals surface area contributed by atoms with E-state index in [1.165, 1.54) is 0 Å². The third-order valence-corrected chi connectivity index (χ3v) is 0. The van der Waals surface area contributed by atoms with E-state index in [0.717, 1.165) is 0 Å². The van der Waals surface area contributed by atoms with E-state index in [1.54, 1.807) is 0 Å². The predicted molar refractivity (Wildman–Crippen MR) is 44.8 cm³/mol. The van der Waals surface area contributed by atoms with Gasteiger partial charge in [0.1, 0.15) is 6.79 Å². The molecule has 0 aliphatic rings. The van der Waals surface area contributed by atoms with Gasteiger partial charge in [-0.2, -0.15) is 0 Å².